The fourth-order valence-electron chi connectivity index (χ4n) is 4.27. The van der Waals surface area contributed by atoms with Crippen molar-refractivity contribution in [2.75, 3.05) is 7.05 Å². The second kappa shape index (κ2) is 5.54. The molecule has 2 heterocycles. The van der Waals surface area contributed by atoms with Crippen molar-refractivity contribution in [3.05, 3.63) is 34.9 Å². The quantitative estimate of drug-likeness (QED) is 0.797. The molecule has 0 aromatic heterocycles. The van der Waals surface area contributed by atoms with Crippen LogP contribution in [0.25, 0.3) is 0 Å². The number of fused-ring (bicyclic) bond motifs is 2. The van der Waals surface area contributed by atoms with Crippen molar-refractivity contribution in [2.24, 2.45) is 5.92 Å². The number of rotatable bonds is 3. The number of carbonyl (C=O) groups is 1. The van der Waals surface area contributed by atoms with Gasteiger partial charge in [-0.3, -0.25) is 9.69 Å². The molecule has 0 N–H and O–H groups in total. The third kappa shape index (κ3) is 2.55. The molecule has 1 aromatic rings. The summed E-state index contributed by atoms with van der Waals surface area (Å²) in [5, 5.41) is 0.747. The summed E-state index contributed by atoms with van der Waals surface area (Å²) in [5.41, 5.74) is 1.23. The predicted octanol–water partition coefficient (Wildman–Crippen LogP) is 3.61. The number of esters is 1. The second-order valence-corrected chi connectivity index (χ2v) is 7.46. The first-order valence-corrected chi connectivity index (χ1v) is 8.69. The van der Waals surface area contributed by atoms with Crippen molar-refractivity contribution in [3.8, 4) is 0 Å². The fraction of sp³-hybridized carbons (Fsp3) is 0.611. The molecule has 4 rings (SSSR count). The molecular weight excluding hydrogens is 298 g/mol. The Morgan fingerprint density at radius 1 is 1.18 bits per heavy atom. The largest absolute Gasteiger partial charge is 0.462 e. The van der Waals surface area contributed by atoms with Crippen LogP contribution in [0.4, 0.5) is 0 Å². The molecule has 3 fully saturated rings. The Hall–Kier alpha value is -1.06. The molecule has 0 spiro atoms. The summed E-state index contributed by atoms with van der Waals surface area (Å²) in [5.74, 6) is 0.238. The summed E-state index contributed by atoms with van der Waals surface area (Å²) < 4.78 is 5.68. The first-order valence-electron chi connectivity index (χ1n) is 8.31. The van der Waals surface area contributed by atoms with Gasteiger partial charge in [-0.2, -0.15) is 0 Å². The molecule has 0 unspecified atom stereocenters. The van der Waals surface area contributed by atoms with Crippen molar-refractivity contribution in [3.63, 3.8) is 0 Å². The van der Waals surface area contributed by atoms with Crippen LogP contribution in [0.5, 0.6) is 0 Å². The van der Waals surface area contributed by atoms with Crippen LogP contribution in [0.2, 0.25) is 5.02 Å². The highest BCUT2D eigenvalue weighted by atomic mass is 35.5. The van der Waals surface area contributed by atoms with Gasteiger partial charge in [0.25, 0.3) is 0 Å². The van der Waals surface area contributed by atoms with Gasteiger partial charge in [-0.05, 0) is 56.8 Å². The lowest BCUT2D eigenvalue weighted by molar-refractivity contribution is -0.154. The number of hydrogen-bond acceptors (Lipinski definition) is 3. The second-order valence-electron chi connectivity index (χ2n) is 7.02. The number of carbonyl (C=O) groups excluding carboxylic acids is 1. The minimum atomic E-state index is -0.0366. The number of piperidine rings is 1. The zero-order chi connectivity index (χ0) is 15.3. The van der Waals surface area contributed by atoms with Gasteiger partial charge >= 0.3 is 5.97 Å². The van der Waals surface area contributed by atoms with Gasteiger partial charge in [0.05, 0.1) is 5.92 Å². The van der Waals surface area contributed by atoms with E-state index in [2.05, 4.69) is 24.1 Å². The van der Waals surface area contributed by atoms with Crippen molar-refractivity contribution in [2.45, 2.75) is 56.2 Å². The fourth-order valence-corrected chi connectivity index (χ4v) is 4.40. The Balaban J connectivity index is 1.64. The van der Waals surface area contributed by atoms with Crippen LogP contribution in [0.15, 0.2) is 24.3 Å². The lowest BCUT2D eigenvalue weighted by atomic mass is 9.76. The van der Waals surface area contributed by atoms with E-state index in [1.54, 1.807) is 0 Å². The zero-order valence-electron chi connectivity index (χ0n) is 12.9. The molecule has 4 atom stereocenters. The van der Waals surface area contributed by atoms with E-state index in [1.807, 2.05) is 12.1 Å². The molecule has 2 saturated heterocycles. The van der Waals surface area contributed by atoms with E-state index in [0.717, 1.165) is 30.7 Å². The van der Waals surface area contributed by atoms with E-state index in [-0.39, 0.29) is 23.9 Å². The van der Waals surface area contributed by atoms with Gasteiger partial charge in [-0.25, -0.2) is 0 Å². The molecule has 4 heteroatoms. The van der Waals surface area contributed by atoms with Gasteiger partial charge in [0, 0.05) is 23.0 Å². The molecule has 3 nitrogen and oxygen atoms in total. The first kappa shape index (κ1) is 14.5. The number of halogens is 1. The molecule has 2 bridgehead atoms. The Kier molecular flexibility index (Phi) is 3.66. The van der Waals surface area contributed by atoms with Crippen LogP contribution in [0.1, 0.15) is 43.6 Å². The molecule has 1 aromatic carbocycles. The summed E-state index contributed by atoms with van der Waals surface area (Å²) in [6.07, 6.45) is 5.59. The number of hydrogen-bond donors (Lipinski definition) is 0. The molecule has 22 heavy (non-hydrogen) atoms. The van der Waals surface area contributed by atoms with Crippen molar-refractivity contribution < 1.29 is 9.53 Å². The number of ether oxygens (including phenoxy) is 1. The van der Waals surface area contributed by atoms with Crippen molar-refractivity contribution >= 4 is 17.6 Å². The summed E-state index contributed by atoms with van der Waals surface area (Å²) in [6.45, 7) is 0. The van der Waals surface area contributed by atoms with Crippen LogP contribution < -0.4 is 0 Å². The third-order valence-electron chi connectivity index (χ3n) is 5.65. The molecule has 0 amide bonds. The van der Waals surface area contributed by atoms with Gasteiger partial charge in [0.1, 0.15) is 6.10 Å². The maximum atomic E-state index is 12.8. The van der Waals surface area contributed by atoms with Gasteiger partial charge in [-0.15, -0.1) is 0 Å². The van der Waals surface area contributed by atoms with Crippen LogP contribution in [0, 0.1) is 5.92 Å². The molecule has 1 aliphatic carbocycles. The van der Waals surface area contributed by atoms with Crippen LogP contribution in [0.3, 0.4) is 0 Å². The maximum absolute atomic E-state index is 12.8. The Morgan fingerprint density at radius 2 is 1.91 bits per heavy atom. The smallest absolute Gasteiger partial charge is 0.311 e. The summed E-state index contributed by atoms with van der Waals surface area (Å²) >= 11 is 6.02. The summed E-state index contributed by atoms with van der Waals surface area (Å²) in [4.78, 5) is 15.2. The molecular formula is C18H22ClNO2. The molecule has 3 aliphatic rings. The lowest BCUT2D eigenvalue weighted by Gasteiger charge is -2.42. The van der Waals surface area contributed by atoms with E-state index >= 15 is 0 Å². The van der Waals surface area contributed by atoms with E-state index in [0.29, 0.717) is 12.1 Å². The van der Waals surface area contributed by atoms with E-state index in [9.17, 15) is 4.79 Å². The third-order valence-corrected chi connectivity index (χ3v) is 5.90. The Bertz CT molecular complexity index is 569. The van der Waals surface area contributed by atoms with Crippen molar-refractivity contribution in [1.82, 2.24) is 4.90 Å². The summed E-state index contributed by atoms with van der Waals surface area (Å²) in [7, 11) is 2.16. The van der Waals surface area contributed by atoms with Gasteiger partial charge in [-0.1, -0.05) is 23.7 Å². The highest BCUT2D eigenvalue weighted by molar-refractivity contribution is 6.30. The van der Waals surface area contributed by atoms with E-state index in [1.165, 1.54) is 12.0 Å². The van der Waals surface area contributed by atoms with Gasteiger partial charge in [0.2, 0.25) is 0 Å². The minimum absolute atomic E-state index is 0.0136. The first-order chi connectivity index (χ1) is 10.6. The zero-order valence-corrected chi connectivity index (χ0v) is 13.6. The Labute approximate surface area is 136 Å². The van der Waals surface area contributed by atoms with Gasteiger partial charge < -0.3 is 4.74 Å². The number of benzene rings is 1. The standard InChI is InChI=1S/C18H22ClNO2/c1-20-13-6-9-16(20)17(18(21)22-14-7-8-14)15(10-13)11-2-4-12(19)5-3-11/h2-5,13-17H,6-10H2,1H3/t13-,15+,16+,17-/m0/s1. The topological polar surface area (TPSA) is 29.5 Å². The van der Waals surface area contributed by atoms with Crippen LogP contribution in [-0.4, -0.2) is 36.1 Å². The number of nitrogens with zero attached hydrogens (tertiary/aromatic N) is 1. The maximum Gasteiger partial charge on any atom is 0.311 e. The minimum Gasteiger partial charge on any atom is -0.462 e. The van der Waals surface area contributed by atoms with Gasteiger partial charge in [0.15, 0.2) is 0 Å². The predicted molar refractivity (Wildman–Crippen MR) is 86.0 cm³/mol. The highest BCUT2D eigenvalue weighted by Gasteiger charge is 2.50. The monoisotopic (exact) mass is 319 g/mol. The molecule has 118 valence electrons. The summed E-state index contributed by atoms with van der Waals surface area (Å²) in [6, 6.07) is 8.94. The van der Waals surface area contributed by atoms with Crippen molar-refractivity contribution in [1.29, 1.82) is 0 Å². The van der Waals surface area contributed by atoms with Crippen LogP contribution >= 0.6 is 11.6 Å². The Morgan fingerprint density at radius 3 is 2.59 bits per heavy atom. The van der Waals surface area contributed by atoms with E-state index < -0.39 is 0 Å². The van der Waals surface area contributed by atoms with Crippen LogP contribution in [-0.2, 0) is 9.53 Å². The highest BCUT2D eigenvalue weighted by Crippen LogP contribution is 2.47. The molecule has 0 radical (unpaired) electrons. The molecule has 1 saturated carbocycles. The normalized spacial score (nSPS) is 34.6. The lowest BCUT2D eigenvalue weighted by Crippen LogP contribution is -2.49. The molecule has 2 aliphatic heterocycles. The average molecular weight is 320 g/mol. The average Bonchev–Trinajstić information content (AvgIpc) is 3.27. The van der Waals surface area contributed by atoms with E-state index in [4.69, 9.17) is 16.3 Å². The SMILES string of the molecule is CN1[C@H]2CC[C@@H]1[C@@H](C(=O)OC1CC1)[C@@H](c1ccc(Cl)cc1)C2.